The minimum Gasteiger partial charge on any atom is -0.341 e. The van der Waals surface area contributed by atoms with Gasteiger partial charge in [-0.1, -0.05) is 0 Å². The Labute approximate surface area is 184 Å². The predicted octanol–water partition coefficient (Wildman–Crippen LogP) is 2.37. The summed E-state index contributed by atoms with van der Waals surface area (Å²) >= 11 is 5.95. The molecule has 2 fully saturated rings. The number of terminal acetylenes is 1. The Morgan fingerprint density at radius 3 is 2.58 bits per heavy atom. The Kier molecular flexibility index (Phi) is 7.67. The molecule has 1 aliphatic carbocycles. The van der Waals surface area contributed by atoms with Crippen LogP contribution < -0.4 is 15.5 Å². The molecule has 0 aromatic carbocycles. The van der Waals surface area contributed by atoms with E-state index in [1.54, 1.807) is 0 Å². The van der Waals surface area contributed by atoms with E-state index < -0.39 is 0 Å². The molecule has 3 N–H and O–H groups in total. The smallest absolute Gasteiger partial charge is 0.234 e. The van der Waals surface area contributed by atoms with Crippen molar-refractivity contribution in [3.63, 3.8) is 0 Å². The summed E-state index contributed by atoms with van der Waals surface area (Å²) in [7, 11) is 0. The first-order chi connectivity index (χ1) is 15.2. The summed E-state index contributed by atoms with van der Waals surface area (Å²) in [6.45, 7) is 1.93. The van der Waals surface area contributed by atoms with E-state index >= 15 is 0 Å². The molecule has 1 saturated heterocycles. The standard InChI is InChI=1S/C12H14ClN7.C5H5N3O.C2H2/c13-10-15-11(17-12(16-10)20-4-1-5-20)14-9-6-8(18-19-9)7-2-3-7;9-4-8-5-3-6-1-2-7-5;1-2/h6-7H,1-5H2,(H2,14,15,16,17,18,19);1-4H,(H,7,8,9);1-2H. The number of amides is 1. The van der Waals surface area contributed by atoms with E-state index in [0.29, 0.717) is 35.9 Å². The summed E-state index contributed by atoms with van der Waals surface area (Å²) < 4.78 is 0. The van der Waals surface area contributed by atoms with Gasteiger partial charge in [-0.2, -0.15) is 20.1 Å². The number of H-pyrrole nitrogens is 1. The topological polar surface area (TPSA) is 138 Å². The van der Waals surface area contributed by atoms with Crippen LogP contribution >= 0.6 is 11.6 Å². The second-order valence-corrected chi connectivity index (χ2v) is 6.87. The van der Waals surface area contributed by atoms with Crippen molar-refractivity contribution in [1.29, 1.82) is 0 Å². The van der Waals surface area contributed by atoms with Crippen molar-refractivity contribution >= 4 is 41.5 Å². The van der Waals surface area contributed by atoms with Crippen molar-refractivity contribution in [3.8, 4) is 12.8 Å². The minimum absolute atomic E-state index is 0.197. The van der Waals surface area contributed by atoms with Crippen molar-refractivity contribution < 1.29 is 4.79 Å². The maximum atomic E-state index is 9.80. The third-order valence-electron chi connectivity index (χ3n) is 4.36. The Balaban J connectivity index is 0.000000209. The maximum Gasteiger partial charge on any atom is 0.234 e. The highest BCUT2D eigenvalue weighted by Gasteiger charge is 2.25. The van der Waals surface area contributed by atoms with Crippen LogP contribution in [0.3, 0.4) is 0 Å². The third-order valence-corrected chi connectivity index (χ3v) is 4.53. The number of halogens is 1. The first-order valence-corrected chi connectivity index (χ1v) is 9.87. The van der Waals surface area contributed by atoms with E-state index in [1.165, 1.54) is 31.4 Å². The van der Waals surface area contributed by atoms with Crippen molar-refractivity contribution in [2.75, 3.05) is 28.6 Å². The zero-order valence-electron chi connectivity index (χ0n) is 16.6. The number of hydrogen-bond donors (Lipinski definition) is 3. The van der Waals surface area contributed by atoms with E-state index in [9.17, 15) is 4.79 Å². The fourth-order valence-corrected chi connectivity index (χ4v) is 2.76. The summed E-state index contributed by atoms with van der Waals surface area (Å²) in [5, 5.41) is 12.9. The molecule has 5 rings (SSSR count). The lowest BCUT2D eigenvalue weighted by atomic mass is 10.2. The van der Waals surface area contributed by atoms with Crippen LogP contribution in [0, 0.1) is 12.8 Å². The molecule has 1 amide bonds. The highest BCUT2D eigenvalue weighted by atomic mass is 35.5. The van der Waals surface area contributed by atoms with Gasteiger partial charge in [0.1, 0.15) is 0 Å². The van der Waals surface area contributed by atoms with E-state index in [2.05, 4.69) is 63.5 Å². The van der Waals surface area contributed by atoms with Gasteiger partial charge in [0, 0.05) is 43.2 Å². The van der Waals surface area contributed by atoms with E-state index in [0.717, 1.165) is 25.2 Å². The third kappa shape index (κ3) is 6.35. The van der Waals surface area contributed by atoms with Gasteiger partial charge in [-0.3, -0.25) is 14.9 Å². The number of nitrogens with one attached hydrogen (secondary N) is 3. The molecule has 31 heavy (non-hydrogen) atoms. The van der Waals surface area contributed by atoms with Crippen LogP contribution in [0.25, 0.3) is 0 Å². The van der Waals surface area contributed by atoms with Crippen molar-refractivity contribution in [2.45, 2.75) is 25.2 Å². The van der Waals surface area contributed by atoms with E-state index in [-0.39, 0.29) is 5.28 Å². The lowest BCUT2D eigenvalue weighted by molar-refractivity contribution is -0.105. The highest BCUT2D eigenvalue weighted by Crippen LogP contribution is 2.39. The van der Waals surface area contributed by atoms with Gasteiger partial charge in [0.15, 0.2) is 11.6 Å². The molecule has 1 aliphatic heterocycles. The van der Waals surface area contributed by atoms with Gasteiger partial charge < -0.3 is 15.5 Å². The summed E-state index contributed by atoms with van der Waals surface area (Å²) in [6, 6.07) is 2.00. The Morgan fingerprint density at radius 1 is 1.16 bits per heavy atom. The molecule has 0 bridgehead atoms. The van der Waals surface area contributed by atoms with Crippen LogP contribution in [0.15, 0.2) is 24.7 Å². The van der Waals surface area contributed by atoms with Crippen LogP contribution in [-0.4, -0.2) is 54.6 Å². The van der Waals surface area contributed by atoms with E-state index in [1.807, 2.05) is 6.07 Å². The Bertz CT molecular complexity index is 1000. The highest BCUT2D eigenvalue weighted by molar-refractivity contribution is 6.28. The Hall–Kier alpha value is -3.78. The predicted molar refractivity (Wildman–Crippen MR) is 117 cm³/mol. The number of aromatic amines is 1. The first-order valence-electron chi connectivity index (χ1n) is 9.49. The van der Waals surface area contributed by atoms with E-state index in [4.69, 9.17) is 11.6 Å². The van der Waals surface area contributed by atoms with Crippen molar-refractivity contribution in [1.82, 2.24) is 35.1 Å². The van der Waals surface area contributed by atoms with Crippen LogP contribution in [0.5, 0.6) is 0 Å². The zero-order chi connectivity index (χ0) is 22.1. The van der Waals surface area contributed by atoms with Gasteiger partial charge in [0.2, 0.25) is 23.6 Å². The fourth-order valence-electron chi connectivity index (χ4n) is 2.61. The fraction of sp³-hybridized carbons (Fsp3) is 0.316. The number of anilines is 4. The number of hydrogen-bond acceptors (Lipinski definition) is 9. The molecule has 0 atom stereocenters. The lowest BCUT2D eigenvalue weighted by Gasteiger charge is -2.30. The summed E-state index contributed by atoms with van der Waals surface area (Å²) in [5.41, 5.74) is 1.16. The average Bonchev–Trinajstić information content (AvgIpc) is 3.49. The SMILES string of the molecule is C#C.Clc1nc(Nc2cc(C3CC3)[nH]n2)nc(N2CCC2)n1.O=CNc1cnccn1. The number of carbonyl (C=O) groups excluding carboxylic acids is 1. The van der Waals surface area contributed by atoms with Gasteiger partial charge in [-0.05, 0) is 30.9 Å². The van der Waals surface area contributed by atoms with Crippen LogP contribution in [-0.2, 0) is 4.79 Å². The van der Waals surface area contributed by atoms with Crippen molar-refractivity contribution in [3.05, 3.63) is 35.6 Å². The first kappa shape index (κ1) is 21.9. The molecular formula is C19H21ClN10O. The van der Waals surface area contributed by atoms with Gasteiger partial charge in [-0.15, -0.1) is 12.8 Å². The van der Waals surface area contributed by atoms with Gasteiger partial charge in [0.25, 0.3) is 0 Å². The molecule has 12 heteroatoms. The molecule has 11 nitrogen and oxygen atoms in total. The number of nitrogens with zero attached hydrogens (tertiary/aromatic N) is 7. The normalized spacial score (nSPS) is 14.1. The molecule has 4 heterocycles. The average molecular weight is 441 g/mol. The van der Waals surface area contributed by atoms with Gasteiger partial charge >= 0.3 is 0 Å². The molecule has 160 valence electrons. The molecule has 0 radical (unpaired) electrons. The second-order valence-electron chi connectivity index (χ2n) is 6.53. The maximum absolute atomic E-state index is 9.80. The number of aromatic nitrogens is 7. The van der Waals surface area contributed by atoms with Crippen LogP contribution in [0.2, 0.25) is 5.28 Å². The minimum atomic E-state index is 0.197. The molecule has 3 aromatic rings. The van der Waals surface area contributed by atoms with Crippen LogP contribution in [0.1, 0.15) is 30.9 Å². The molecular weight excluding hydrogens is 420 g/mol. The quantitative estimate of drug-likeness (QED) is 0.389. The number of rotatable bonds is 6. The van der Waals surface area contributed by atoms with Gasteiger partial charge in [0.05, 0.1) is 6.20 Å². The molecule has 0 spiro atoms. The Morgan fingerprint density at radius 2 is 1.97 bits per heavy atom. The number of carbonyl (C=O) groups is 1. The zero-order valence-corrected chi connectivity index (χ0v) is 17.3. The summed E-state index contributed by atoms with van der Waals surface area (Å²) in [4.78, 5) is 32.0. The largest absolute Gasteiger partial charge is 0.341 e. The monoisotopic (exact) mass is 440 g/mol. The van der Waals surface area contributed by atoms with Crippen LogP contribution in [0.4, 0.5) is 23.5 Å². The van der Waals surface area contributed by atoms with Gasteiger partial charge in [-0.25, -0.2) is 4.98 Å². The summed E-state index contributed by atoms with van der Waals surface area (Å²) in [6.07, 6.45) is 16.7. The lowest BCUT2D eigenvalue weighted by Crippen LogP contribution is -2.38. The molecule has 2 aliphatic rings. The molecule has 3 aromatic heterocycles. The molecule has 0 unspecified atom stereocenters. The summed E-state index contributed by atoms with van der Waals surface area (Å²) in [5.74, 6) is 2.87. The molecule has 1 saturated carbocycles. The van der Waals surface area contributed by atoms with Crippen molar-refractivity contribution in [2.24, 2.45) is 0 Å². The second kappa shape index (κ2) is 10.8.